The molecule has 0 aliphatic heterocycles. The summed E-state index contributed by atoms with van der Waals surface area (Å²) in [7, 11) is 1.69. The third-order valence-electron chi connectivity index (χ3n) is 2.09. The average Bonchev–Trinajstić information content (AvgIpc) is 2.22. The van der Waals surface area contributed by atoms with E-state index in [-0.39, 0.29) is 18.4 Å². The number of likely N-dealkylation sites (N-methyl/N-ethyl adjacent to an activating group) is 1. The van der Waals surface area contributed by atoms with Gasteiger partial charge in [0.15, 0.2) is 0 Å². The van der Waals surface area contributed by atoms with Crippen LogP contribution in [0.5, 0.6) is 0 Å². The first-order valence-corrected chi connectivity index (χ1v) is 4.80. The fourth-order valence-electron chi connectivity index (χ4n) is 0.791. The number of amides is 2. The SMILES string of the molecule is CCC(N)C(=O)NCC(=O)N(C)CC. The summed E-state index contributed by atoms with van der Waals surface area (Å²) in [5, 5.41) is 2.49. The van der Waals surface area contributed by atoms with E-state index in [1.807, 2.05) is 13.8 Å². The van der Waals surface area contributed by atoms with Gasteiger partial charge in [-0.3, -0.25) is 9.59 Å². The van der Waals surface area contributed by atoms with Crippen LogP contribution < -0.4 is 11.1 Å². The van der Waals surface area contributed by atoms with Gasteiger partial charge in [-0.2, -0.15) is 0 Å². The van der Waals surface area contributed by atoms with Crippen LogP contribution in [0.1, 0.15) is 20.3 Å². The molecule has 0 spiro atoms. The first-order valence-electron chi connectivity index (χ1n) is 4.80. The highest BCUT2D eigenvalue weighted by Crippen LogP contribution is 1.86. The lowest BCUT2D eigenvalue weighted by molar-refractivity contribution is -0.132. The van der Waals surface area contributed by atoms with Crippen molar-refractivity contribution in [3.8, 4) is 0 Å². The maximum absolute atomic E-state index is 11.3. The minimum atomic E-state index is -0.519. The molecule has 0 bridgehead atoms. The van der Waals surface area contributed by atoms with Crippen LogP contribution in [0.15, 0.2) is 0 Å². The highest BCUT2D eigenvalue weighted by Gasteiger charge is 2.13. The normalized spacial score (nSPS) is 12.0. The van der Waals surface area contributed by atoms with Crippen LogP contribution in [0.3, 0.4) is 0 Å². The van der Waals surface area contributed by atoms with Crippen LogP contribution in [0.25, 0.3) is 0 Å². The molecule has 0 radical (unpaired) electrons. The van der Waals surface area contributed by atoms with Gasteiger partial charge in [0, 0.05) is 13.6 Å². The summed E-state index contributed by atoms with van der Waals surface area (Å²) in [4.78, 5) is 24.0. The molecule has 0 saturated carbocycles. The van der Waals surface area contributed by atoms with Crippen LogP contribution in [0.4, 0.5) is 0 Å². The Hall–Kier alpha value is -1.10. The minimum absolute atomic E-state index is 0.0247. The van der Waals surface area contributed by atoms with Gasteiger partial charge in [-0.1, -0.05) is 6.92 Å². The summed E-state index contributed by atoms with van der Waals surface area (Å²) >= 11 is 0. The van der Waals surface area contributed by atoms with Crippen molar-refractivity contribution < 1.29 is 9.59 Å². The van der Waals surface area contributed by atoms with Crippen LogP contribution in [-0.2, 0) is 9.59 Å². The third-order valence-corrected chi connectivity index (χ3v) is 2.09. The maximum atomic E-state index is 11.3. The molecule has 0 fully saturated rings. The minimum Gasteiger partial charge on any atom is -0.346 e. The standard InChI is InChI=1S/C9H19N3O2/c1-4-7(10)9(14)11-6-8(13)12(3)5-2/h7H,4-6,10H2,1-3H3,(H,11,14). The Kier molecular flexibility index (Phi) is 5.87. The zero-order chi connectivity index (χ0) is 11.1. The summed E-state index contributed by atoms with van der Waals surface area (Å²) in [5.41, 5.74) is 5.47. The van der Waals surface area contributed by atoms with Gasteiger partial charge in [-0.05, 0) is 13.3 Å². The van der Waals surface area contributed by atoms with Gasteiger partial charge in [-0.25, -0.2) is 0 Å². The van der Waals surface area contributed by atoms with Gasteiger partial charge in [0.05, 0.1) is 12.6 Å². The molecule has 0 aromatic rings. The third kappa shape index (κ3) is 4.23. The molecular formula is C9H19N3O2. The molecule has 0 heterocycles. The lowest BCUT2D eigenvalue weighted by Gasteiger charge is -2.15. The number of carbonyl (C=O) groups excluding carboxylic acids is 2. The number of nitrogens with zero attached hydrogens (tertiary/aromatic N) is 1. The van der Waals surface area contributed by atoms with Crippen molar-refractivity contribution in [3.05, 3.63) is 0 Å². The van der Waals surface area contributed by atoms with Crippen molar-refractivity contribution in [2.45, 2.75) is 26.3 Å². The van der Waals surface area contributed by atoms with Crippen molar-refractivity contribution in [3.63, 3.8) is 0 Å². The summed E-state index contributed by atoms with van der Waals surface area (Å²) in [6.45, 7) is 4.35. The smallest absolute Gasteiger partial charge is 0.241 e. The molecule has 0 aliphatic rings. The zero-order valence-electron chi connectivity index (χ0n) is 9.04. The molecule has 5 heteroatoms. The number of nitrogens with two attached hydrogens (primary N) is 1. The Morgan fingerprint density at radius 3 is 2.43 bits per heavy atom. The van der Waals surface area contributed by atoms with Crippen molar-refractivity contribution in [2.75, 3.05) is 20.1 Å². The van der Waals surface area contributed by atoms with E-state index in [1.54, 1.807) is 7.05 Å². The maximum Gasteiger partial charge on any atom is 0.241 e. The fourth-order valence-corrected chi connectivity index (χ4v) is 0.791. The highest BCUT2D eigenvalue weighted by molar-refractivity contribution is 5.87. The summed E-state index contributed by atoms with van der Waals surface area (Å²) < 4.78 is 0. The second kappa shape index (κ2) is 6.37. The molecule has 0 aliphatic carbocycles. The second-order valence-electron chi connectivity index (χ2n) is 3.14. The Balaban J connectivity index is 3.83. The molecule has 0 aromatic heterocycles. The lowest BCUT2D eigenvalue weighted by atomic mass is 10.2. The number of hydrogen-bond acceptors (Lipinski definition) is 3. The molecule has 0 rings (SSSR count). The monoisotopic (exact) mass is 201 g/mol. The van der Waals surface area contributed by atoms with Gasteiger partial charge in [0.25, 0.3) is 0 Å². The van der Waals surface area contributed by atoms with Crippen molar-refractivity contribution in [2.24, 2.45) is 5.73 Å². The first kappa shape index (κ1) is 12.9. The Labute approximate surface area is 84.6 Å². The molecule has 5 nitrogen and oxygen atoms in total. The summed E-state index contributed by atoms with van der Waals surface area (Å²) in [6.07, 6.45) is 0.573. The molecule has 0 aromatic carbocycles. The van der Waals surface area contributed by atoms with Crippen LogP contribution in [-0.4, -0.2) is 42.9 Å². The molecule has 3 N–H and O–H groups in total. The molecule has 1 atom stereocenters. The summed E-state index contributed by atoms with van der Waals surface area (Å²) in [6, 6.07) is -0.519. The molecule has 2 amide bonds. The number of rotatable bonds is 5. The number of nitrogens with one attached hydrogen (secondary N) is 1. The van der Waals surface area contributed by atoms with Gasteiger partial charge < -0.3 is 16.0 Å². The fraction of sp³-hybridized carbons (Fsp3) is 0.778. The number of carbonyl (C=O) groups is 2. The van der Waals surface area contributed by atoms with E-state index < -0.39 is 6.04 Å². The first-order chi connectivity index (χ1) is 6.52. The predicted octanol–water partition coefficient (Wildman–Crippen LogP) is -0.682. The molecular weight excluding hydrogens is 182 g/mol. The van der Waals surface area contributed by atoms with E-state index in [2.05, 4.69) is 5.32 Å². The highest BCUT2D eigenvalue weighted by atomic mass is 16.2. The van der Waals surface area contributed by atoms with Crippen molar-refractivity contribution in [1.29, 1.82) is 0 Å². The molecule has 1 unspecified atom stereocenters. The lowest BCUT2D eigenvalue weighted by Crippen LogP contribution is -2.44. The molecule has 14 heavy (non-hydrogen) atoms. The zero-order valence-corrected chi connectivity index (χ0v) is 9.04. The molecule has 82 valence electrons. The van der Waals surface area contributed by atoms with Crippen LogP contribution in [0.2, 0.25) is 0 Å². The Bertz CT molecular complexity index is 184. The van der Waals surface area contributed by atoms with Crippen LogP contribution >= 0.6 is 0 Å². The van der Waals surface area contributed by atoms with Gasteiger partial charge >= 0.3 is 0 Å². The van der Waals surface area contributed by atoms with Crippen molar-refractivity contribution >= 4 is 11.8 Å². The topological polar surface area (TPSA) is 75.4 Å². The largest absolute Gasteiger partial charge is 0.346 e. The van der Waals surface area contributed by atoms with Gasteiger partial charge in [-0.15, -0.1) is 0 Å². The number of hydrogen-bond donors (Lipinski definition) is 2. The quantitative estimate of drug-likeness (QED) is 0.618. The van der Waals surface area contributed by atoms with Gasteiger partial charge in [0.1, 0.15) is 0 Å². The van der Waals surface area contributed by atoms with E-state index >= 15 is 0 Å². The van der Waals surface area contributed by atoms with Gasteiger partial charge in [0.2, 0.25) is 11.8 Å². The van der Waals surface area contributed by atoms with Crippen molar-refractivity contribution in [1.82, 2.24) is 10.2 Å². The second-order valence-corrected chi connectivity index (χ2v) is 3.14. The van der Waals surface area contributed by atoms with E-state index in [1.165, 1.54) is 4.90 Å². The van der Waals surface area contributed by atoms with E-state index in [0.29, 0.717) is 13.0 Å². The summed E-state index contributed by atoms with van der Waals surface area (Å²) in [5.74, 6) is -0.380. The average molecular weight is 201 g/mol. The van der Waals surface area contributed by atoms with E-state index in [0.717, 1.165) is 0 Å². The van der Waals surface area contributed by atoms with E-state index in [4.69, 9.17) is 5.73 Å². The van der Waals surface area contributed by atoms with Crippen LogP contribution in [0, 0.1) is 0 Å². The molecule has 0 saturated heterocycles. The Morgan fingerprint density at radius 2 is 2.00 bits per heavy atom. The Morgan fingerprint density at radius 1 is 1.43 bits per heavy atom. The predicted molar refractivity (Wildman–Crippen MR) is 54.6 cm³/mol. The van der Waals surface area contributed by atoms with E-state index in [9.17, 15) is 9.59 Å².